The average Bonchev–Trinajstić information content (AvgIpc) is 2.86. The van der Waals surface area contributed by atoms with Crippen LogP contribution in [0.15, 0.2) is 23.1 Å². The van der Waals surface area contributed by atoms with Gasteiger partial charge in [-0.2, -0.15) is 0 Å². The Morgan fingerprint density at radius 2 is 1.78 bits per heavy atom. The van der Waals surface area contributed by atoms with E-state index >= 15 is 0 Å². The smallest absolute Gasteiger partial charge is 0.242 e. The van der Waals surface area contributed by atoms with Crippen molar-refractivity contribution >= 4 is 27.4 Å². The molecule has 0 spiro atoms. The lowest BCUT2D eigenvalue weighted by Crippen LogP contribution is -2.43. The minimum absolute atomic E-state index is 0.129. The van der Waals surface area contributed by atoms with E-state index in [0.717, 1.165) is 9.87 Å². The molecule has 2 saturated carbocycles. The van der Waals surface area contributed by atoms with Crippen LogP contribution in [-0.2, 0) is 19.6 Å². The quantitative estimate of drug-likeness (QED) is 0.854. The van der Waals surface area contributed by atoms with E-state index in [9.17, 15) is 18.0 Å². The maximum Gasteiger partial charge on any atom is 0.242 e. The van der Waals surface area contributed by atoms with Gasteiger partial charge in [0, 0.05) is 31.6 Å². The number of fused-ring (bicyclic) bond motifs is 2. The molecule has 2 aliphatic carbocycles. The minimum Gasteiger partial charge on any atom is -0.325 e. The summed E-state index contributed by atoms with van der Waals surface area (Å²) < 4.78 is 26.0. The Kier molecular flexibility index (Phi) is 4.36. The lowest BCUT2D eigenvalue weighted by molar-refractivity contribution is -0.131. The molecule has 0 aliphatic heterocycles. The molecule has 0 aromatic heterocycles. The molecule has 6 nitrogen and oxygen atoms in total. The number of ketones is 1. The van der Waals surface area contributed by atoms with Gasteiger partial charge in [-0.05, 0) is 42.9 Å². The van der Waals surface area contributed by atoms with Gasteiger partial charge in [0.1, 0.15) is 5.78 Å². The lowest BCUT2D eigenvalue weighted by atomic mass is 9.64. The Balaban J connectivity index is 1.97. The van der Waals surface area contributed by atoms with E-state index in [0.29, 0.717) is 18.5 Å². The highest BCUT2D eigenvalue weighted by atomic mass is 32.2. The van der Waals surface area contributed by atoms with E-state index in [1.807, 2.05) is 27.7 Å². The molecule has 0 heterocycles. The van der Waals surface area contributed by atoms with Crippen LogP contribution in [0.1, 0.15) is 45.6 Å². The van der Waals surface area contributed by atoms with Gasteiger partial charge in [-0.25, -0.2) is 12.7 Å². The number of hydrogen-bond donors (Lipinski definition) is 1. The predicted octanol–water partition coefficient (Wildman–Crippen LogP) is 2.97. The number of aryl methyl sites for hydroxylation is 1. The van der Waals surface area contributed by atoms with Gasteiger partial charge in [0.05, 0.1) is 10.3 Å². The third kappa shape index (κ3) is 2.51. The van der Waals surface area contributed by atoms with Gasteiger partial charge in [-0.3, -0.25) is 9.59 Å². The number of rotatable bonds is 4. The molecule has 2 aliphatic rings. The molecular weight excluding hydrogens is 364 g/mol. The van der Waals surface area contributed by atoms with E-state index in [1.165, 1.54) is 26.2 Å². The molecule has 1 aromatic rings. The lowest BCUT2D eigenvalue weighted by Gasteiger charge is -2.38. The first kappa shape index (κ1) is 20.0. The Morgan fingerprint density at radius 1 is 1.15 bits per heavy atom. The van der Waals surface area contributed by atoms with Crippen LogP contribution < -0.4 is 5.32 Å². The normalized spacial score (nSPS) is 29.4. The first-order valence-corrected chi connectivity index (χ1v) is 10.6. The largest absolute Gasteiger partial charge is 0.325 e. The highest BCUT2D eigenvalue weighted by molar-refractivity contribution is 7.89. The van der Waals surface area contributed by atoms with Crippen molar-refractivity contribution in [1.82, 2.24) is 4.31 Å². The van der Waals surface area contributed by atoms with Gasteiger partial charge in [0.25, 0.3) is 0 Å². The van der Waals surface area contributed by atoms with Crippen molar-refractivity contribution in [3.05, 3.63) is 23.8 Å². The number of Topliss-reactive ketones (excluding diaryl/α,β-unsaturated/α-hetero) is 1. The monoisotopic (exact) mass is 392 g/mol. The van der Waals surface area contributed by atoms with Gasteiger partial charge < -0.3 is 5.32 Å². The zero-order valence-electron chi connectivity index (χ0n) is 16.8. The number of hydrogen-bond acceptors (Lipinski definition) is 4. The number of amides is 1. The van der Waals surface area contributed by atoms with E-state index in [-0.39, 0.29) is 23.0 Å². The average molecular weight is 393 g/mol. The number of carbonyl (C=O) groups excluding carboxylic acids is 2. The molecule has 2 atom stereocenters. The van der Waals surface area contributed by atoms with Crippen LogP contribution in [0, 0.1) is 23.2 Å². The van der Waals surface area contributed by atoms with Crippen molar-refractivity contribution in [2.75, 3.05) is 19.4 Å². The summed E-state index contributed by atoms with van der Waals surface area (Å²) in [7, 11) is -0.656. The van der Waals surface area contributed by atoms with Crippen LogP contribution in [0.3, 0.4) is 0 Å². The minimum atomic E-state index is -3.60. The number of anilines is 1. The third-order valence-corrected chi connectivity index (χ3v) is 9.19. The standard InChI is InChI=1S/C20H28N2O4S/c1-13-7-8-14(27(25,26)22(5)6)11-15(13)21-17(24)20-10-9-19(4,16(23)12-20)18(20,2)3/h7-8,11H,9-10,12H2,1-6H3,(H,21,24)/t19-,20-/m0/s1. The Morgan fingerprint density at radius 3 is 2.26 bits per heavy atom. The first-order valence-electron chi connectivity index (χ1n) is 9.17. The molecule has 1 amide bonds. The van der Waals surface area contributed by atoms with Gasteiger partial charge in [0.2, 0.25) is 15.9 Å². The fourth-order valence-corrected chi connectivity index (χ4v) is 5.64. The Bertz CT molecular complexity index is 935. The Labute approximate surface area is 161 Å². The highest BCUT2D eigenvalue weighted by Crippen LogP contribution is 2.70. The molecule has 0 saturated heterocycles. The zero-order chi connectivity index (χ0) is 20.4. The molecule has 3 rings (SSSR count). The van der Waals surface area contributed by atoms with E-state index < -0.39 is 26.3 Å². The molecule has 148 valence electrons. The van der Waals surface area contributed by atoms with Crippen molar-refractivity contribution in [1.29, 1.82) is 0 Å². The van der Waals surface area contributed by atoms with Crippen LogP contribution >= 0.6 is 0 Å². The third-order valence-electron chi connectivity index (χ3n) is 7.38. The van der Waals surface area contributed by atoms with Crippen LogP contribution in [-0.4, -0.2) is 38.5 Å². The van der Waals surface area contributed by atoms with Crippen LogP contribution in [0.4, 0.5) is 5.69 Å². The Hall–Kier alpha value is -1.73. The van der Waals surface area contributed by atoms with Gasteiger partial charge in [-0.1, -0.05) is 26.8 Å². The summed E-state index contributed by atoms with van der Waals surface area (Å²) in [6.45, 7) is 7.80. The van der Waals surface area contributed by atoms with Gasteiger partial charge in [-0.15, -0.1) is 0 Å². The maximum atomic E-state index is 13.3. The molecule has 7 heteroatoms. The van der Waals surface area contributed by atoms with Crippen molar-refractivity contribution in [2.45, 2.75) is 51.9 Å². The summed E-state index contributed by atoms with van der Waals surface area (Å²) in [6.07, 6.45) is 1.63. The molecular formula is C20H28N2O4S. The molecule has 2 bridgehead atoms. The summed E-state index contributed by atoms with van der Waals surface area (Å²) in [5.41, 5.74) is -0.416. The molecule has 0 unspecified atom stereocenters. The number of nitrogens with zero attached hydrogens (tertiary/aromatic N) is 1. The summed E-state index contributed by atoms with van der Waals surface area (Å²) in [5, 5.41) is 2.94. The van der Waals surface area contributed by atoms with Crippen molar-refractivity contribution in [2.24, 2.45) is 16.2 Å². The first-order chi connectivity index (χ1) is 12.3. The number of benzene rings is 1. The molecule has 0 radical (unpaired) electrons. The van der Waals surface area contributed by atoms with E-state index in [2.05, 4.69) is 5.32 Å². The molecule has 27 heavy (non-hydrogen) atoms. The number of sulfonamides is 1. The van der Waals surface area contributed by atoms with Crippen molar-refractivity contribution in [3.63, 3.8) is 0 Å². The van der Waals surface area contributed by atoms with Gasteiger partial charge >= 0.3 is 0 Å². The fraction of sp³-hybridized carbons (Fsp3) is 0.600. The second-order valence-electron chi connectivity index (χ2n) is 8.86. The zero-order valence-corrected chi connectivity index (χ0v) is 17.7. The summed E-state index contributed by atoms with van der Waals surface area (Å²) in [4.78, 5) is 26.0. The van der Waals surface area contributed by atoms with Crippen molar-refractivity contribution < 1.29 is 18.0 Å². The SMILES string of the molecule is Cc1ccc(S(=O)(=O)N(C)C)cc1NC(=O)[C@]12CC[C@@](C)(C(=O)C1)C2(C)C. The van der Waals surface area contributed by atoms with E-state index in [1.54, 1.807) is 6.07 Å². The van der Waals surface area contributed by atoms with Crippen LogP contribution in [0.2, 0.25) is 0 Å². The maximum absolute atomic E-state index is 13.3. The summed E-state index contributed by atoms with van der Waals surface area (Å²) in [5.74, 6) is -0.0425. The number of carbonyl (C=O) groups is 2. The van der Waals surface area contributed by atoms with Crippen LogP contribution in [0.5, 0.6) is 0 Å². The van der Waals surface area contributed by atoms with E-state index in [4.69, 9.17) is 0 Å². The fourth-order valence-electron chi connectivity index (χ4n) is 4.71. The topological polar surface area (TPSA) is 83.6 Å². The molecule has 1 aromatic carbocycles. The second-order valence-corrected chi connectivity index (χ2v) is 11.0. The molecule has 1 N–H and O–H groups in total. The number of nitrogens with one attached hydrogen (secondary N) is 1. The predicted molar refractivity (Wildman–Crippen MR) is 104 cm³/mol. The van der Waals surface area contributed by atoms with Crippen LogP contribution in [0.25, 0.3) is 0 Å². The molecule has 2 fully saturated rings. The van der Waals surface area contributed by atoms with Gasteiger partial charge in [0.15, 0.2) is 0 Å². The summed E-state index contributed by atoms with van der Waals surface area (Å²) in [6, 6.07) is 4.72. The second kappa shape index (κ2) is 5.88. The highest BCUT2D eigenvalue weighted by Gasteiger charge is 2.72. The summed E-state index contributed by atoms with van der Waals surface area (Å²) >= 11 is 0. The van der Waals surface area contributed by atoms with Crippen molar-refractivity contribution in [3.8, 4) is 0 Å².